The molecule has 7 rings (SSSR count). The smallest absolute Gasteiger partial charge is 0.201 e. The van der Waals surface area contributed by atoms with Gasteiger partial charge in [0.05, 0.1) is 32.7 Å². The molecular weight excluding hydrogens is 562 g/mol. The first-order chi connectivity index (χ1) is 19.8. The fourth-order valence-corrected chi connectivity index (χ4v) is 9.34. The summed E-state index contributed by atoms with van der Waals surface area (Å²) in [6, 6.07) is 11.9. The molecule has 0 saturated heterocycles. The van der Waals surface area contributed by atoms with E-state index in [4.69, 9.17) is 0 Å². The first-order valence-electron chi connectivity index (χ1n) is 13.7. The van der Waals surface area contributed by atoms with Gasteiger partial charge in [-0.3, -0.25) is 4.79 Å². The molecule has 41 heavy (non-hydrogen) atoms. The van der Waals surface area contributed by atoms with E-state index < -0.39 is 15.1 Å². The third-order valence-corrected chi connectivity index (χ3v) is 11.6. The third kappa shape index (κ3) is 4.49. The van der Waals surface area contributed by atoms with Crippen LogP contribution in [0.2, 0.25) is 0 Å². The highest BCUT2D eigenvalue weighted by Gasteiger charge is 2.53. The summed E-state index contributed by atoms with van der Waals surface area (Å²) < 4.78 is 45.5. The lowest BCUT2D eigenvalue weighted by Gasteiger charge is -2.47. The van der Waals surface area contributed by atoms with Crippen LogP contribution < -0.4 is 0 Å². The van der Waals surface area contributed by atoms with Crippen LogP contribution in [0.5, 0.6) is 0 Å². The van der Waals surface area contributed by atoms with Crippen molar-refractivity contribution >= 4 is 38.8 Å². The molecule has 0 radical (unpaired) electrons. The molecule has 0 bridgehead atoms. The van der Waals surface area contributed by atoms with Gasteiger partial charge in [0.15, 0.2) is 5.01 Å². The van der Waals surface area contributed by atoms with Crippen LogP contribution in [-0.2, 0) is 16.1 Å². The lowest BCUT2D eigenvalue weighted by molar-refractivity contribution is 0.0741. The maximum atomic E-state index is 14.4. The second-order valence-electron chi connectivity index (χ2n) is 11.1. The van der Waals surface area contributed by atoms with E-state index in [1.54, 1.807) is 41.3 Å². The second-order valence-corrected chi connectivity index (χ2v) is 14.2. The zero-order valence-electron chi connectivity index (χ0n) is 22.2. The van der Waals surface area contributed by atoms with Crippen LogP contribution in [0.15, 0.2) is 76.8 Å². The molecule has 6 nitrogen and oxygen atoms in total. The van der Waals surface area contributed by atoms with E-state index in [1.807, 2.05) is 9.69 Å². The molecule has 0 aliphatic heterocycles. The van der Waals surface area contributed by atoms with Gasteiger partial charge in [-0.25, -0.2) is 27.0 Å². The average Bonchev–Trinajstić information content (AvgIpc) is 3.46. The van der Waals surface area contributed by atoms with Gasteiger partial charge in [-0.05, 0) is 105 Å². The maximum Gasteiger partial charge on any atom is 0.201 e. The molecule has 2 saturated carbocycles. The number of ketones is 1. The lowest BCUT2D eigenvalue weighted by atomic mass is 9.61. The van der Waals surface area contributed by atoms with Crippen molar-refractivity contribution in [2.45, 2.75) is 55.5 Å². The molecular formula is C31H28F2N4O2S2. The van der Waals surface area contributed by atoms with Gasteiger partial charge in [-0.15, -0.1) is 11.3 Å². The predicted molar refractivity (Wildman–Crippen MR) is 157 cm³/mol. The number of benzene rings is 2. The van der Waals surface area contributed by atoms with E-state index in [0.717, 1.165) is 35.4 Å². The molecule has 3 aliphatic carbocycles. The number of nitrogens with zero attached hydrogens (tertiary/aromatic N) is 4. The van der Waals surface area contributed by atoms with Crippen LogP contribution in [0.25, 0.3) is 11.8 Å². The van der Waals surface area contributed by atoms with E-state index >= 15 is 0 Å². The fraction of sp³-hybridized carbons (Fsp3) is 0.290. The van der Waals surface area contributed by atoms with Crippen LogP contribution in [-0.4, -0.2) is 47.0 Å². The summed E-state index contributed by atoms with van der Waals surface area (Å²) in [6.07, 6.45) is 9.59. The van der Waals surface area contributed by atoms with Crippen molar-refractivity contribution in [3.63, 3.8) is 0 Å². The third-order valence-electron chi connectivity index (χ3n) is 8.56. The Morgan fingerprint density at radius 1 is 1.05 bits per heavy atom. The zero-order valence-corrected chi connectivity index (χ0v) is 23.8. The first kappa shape index (κ1) is 26.4. The minimum atomic E-state index is -2.92. The minimum Gasteiger partial charge on any atom is -0.290 e. The molecule has 0 amide bonds. The minimum absolute atomic E-state index is 0.0308. The summed E-state index contributed by atoms with van der Waals surface area (Å²) in [4.78, 5) is 19.2. The Morgan fingerprint density at radius 2 is 1.76 bits per heavy atom. The topological polar surface area (TPSA) is 68.1 Å². The highest BCUT2D eigenvalue weighted by atomic mass is 32.2. The maximum absolute atomic E-state index is 14.4. The van der Waals surface area contributed by atoms with Gasteiger partial charge < -0.3 is 0 Å². The Bertz CT molecular complexity index is 1760. The molecule has 3 aliphatic rings. The van der Waals surface area contributed by atoms with Crippen LogP contribution in [0, 0.1) is 17.0 Å². The predicted octanol–water partition coefficient (Wildman–Crippen LogP) is 6.12. The van der Waals surface area contributed by atoms with Crippen LogP contribution in [0.3, 0.4) is 0 Å². The van der Waals surface area contributed by atoms with E-state index in [-0.39, 0.29) is 29.5 Å². The second kappa shape index (κ2) is 9.82. The largest absolute Gasteiger partial charge is 0.290 e. The van der Waals surface area contributed by atoms with Crippen molar-refractivity contribution in [3.8, 4) is 5.69 Å². The summed E-state index contributed by atoms with van der Waals surface area (Å²) >= 11 is 1.33. The Morgan fingerprint density at radius 3 is 2.41 bits per heavy atom. The number of allylic oxidation sites excluding steroid dienone is 1. The number of hydrogen-bond acceptors (Lipinski definition) is 5. The molecule has 1 unspecified atom stereocenters. The molecule has 2 heterocycles. The Kier molecular flexibility index (Phi) is 6.33. The molecule has 4 aromatic rings. The Hall–Kier alpha value is -3.47. The van der Waals surface area contributed by atoms with Gasteiger partial charge in [-0.1, -0.05) is 5.57 Å². The molecule has 3 atom stereocenters. The number of Topliss-reactive ketones (excluding diaryl/α,β-unsaturated/α-hetero) is 1. The highest BCUT2D eigenvalue weighted by Crippen LogP contribution is 2.53. The van der Waals surface area contributed by atoms with Gasteiger partial charge in [0, 0.05) is 28.6 Å². The highest BCUT2D eigenvalue weighted by molar-refractivity contribution is 7.98. The number of fused-ring (bicyclic) bond motifs is 2. The molecule has 2 aromatic heterocycles. The van der Waals surface area contributed by atoms with Gasteiger partial charge in [0.1, 0.15) is 11.6 Å². The number of thiazole rings is 1. The zero-order chi connectivity index (χ0) is 28.4. The standard InChI is InChI=1S/C31H28F2N4O2S2/c1-41(39,27-12-5-23(33)6-13-27)37(25-10-11-25)26-7-2-21-16-28-20(19-35-36(28)24-8-3-22(32)4-9-24)17-31(21,18-26)29(38)30-34-14-15-40-30/h3-6,8-9,12-16,19,25-26H,1-2,7,10-11,17-18H2/t26-,31-,41?/m0/s1. The van der Waals surface area contributed by atoms with Gasteiger partial charge in [-0.2, -0.15) is 5.10 Å². The van der Waals surface area contributed by atoms with Crippen LogP contribution in [0.1, 0.15) is 53.2 Å². The van der Waals surface area contributed by atoms with Gasteiger partial charge >= 0.3 is 0 Å². The van der Waals surface area contributed by atoms with Gasteiger partial charge in [0.2, 0.25) is 5.78 Å². The van der Waals surface area contributed by atoms with Gasteiger partial charge in [0.25, 0.3) is 0 Å². The normalized spacial score (nSPS) is 23.4. The molecule has 2 aromatic carbocycles. The summed E-state index contributed by atoms with van der Waals surface area (Å²) in [5.41, 5.74) is 2.70. The van der Waals surface area contributed by atoms with Crippen molar-refractivity contribution < 1.29 is 17.8 Å². The summed E-state index contributed by atoms with van der Waals surface area (Å²) in [7, 11) is -2.92. The number of aromatic nitrogens is 3. The van der Waals surface area contributed by atoms with Crippen molar-refractivity contribution in [1.29, 1.82) is 0 Å². The number of hydrogen-bond donors (Lipinski definition) is 0. The van der Waals surface area contributed by atoms with E-state index in [2.05, 4.69) is 22.0 Å². The summed E-state index contributed by atoms with van der Waals surface area (Å²) in [6.45, 7) is 0. The molecule has 0 spiro atoms. The van der Waals surface area contributed by atoms with Crippen molar-refractivity contribution in [3.05, 3.63) is 99.8 Å². The Balaban J connectivity index is 1.30. The van der Waals surface area contributed by atoms with Crippen molar-refractivity contribution in [1.82, 2.24) is 19.1 Å². The molecule has 210 valence electrons. The average molecular weight is 591 g/mol. The van der Waals surface area contributed by atoms with Crippen molar-refractivity contribution in [2.24, 2.45) is 5.41 Å². The van der Waals surface area contributed by atoms with Crippen LogP contribution >= 0.6 is 11.3 Å². The summed E-state index contributed by atoms with van der Waals surface area (Å²) in [5.74, 6) is 3.45. The Labute approximate surface area is 241 Å². The number of carbonyl (C=O) groups excluding carboxylic acids is 1. The molecule has 2 fully saturated rings. The quantitative estimate of drug-likeness (QED) is 0.192. The SMILES string of the molecule is C=S(=O)(c1ccc(F)cc1)N(C1CC1)[C@H]1CCC2=Cc3c(cnn3-c3ccc(F)cc3)C[C@]2(C(=O)c2nccs2)C1. The van der Waals surface area contributed by atoms with E-state index in [0.29, 0.717) is 35.6 Å². The monoisotopic (exact) mass is 590 g/mol. The number of rotatable bonds is 7. The lowest BCUT2D eigenvalue weighted by Crippen LogP contribution is -2.51. The molecule has 10 heteroatoms. The first-order valence-corrected chi connectivity index (χ1v) is 16.2. The number of carbonyl (C=O) groups is 1. The van der Waals surface area contributed by atoms with Crippen LogP contribution in [0.4, 0.5) is 8.78 Å². The van der Waals surface area contributed by atoms with E-state index in [9.17, 15) is 17.8 Å². The van der Waals surface area contributed by atoms with Crippen molar-refractivity contribution in [2.75, 3.05) is 0 Å². The fourth-order valence-electron chi connectivity index (χ4n) is 6.51. The van der Waals surface area contributed by atoms with E-state index in [1.165, 1.54) is 35.6 Å². The molecule has 0 N–H and O–H groups in total. The number of halogens is 2. The summed E-state index contributed by atoms with van der Waals surface area (Å²) in [5, 5.41) is 6.88.